The second kappa shape index (κ2) is 3.62. The molecule has 0 amide bonds. The van der Waals surface area contributed by atoms with Crippen molar-refractivity contribution in [1.82, 2.24) is 5.16 Å². The third-order valence-electron chi connectivity index (χ3n) is 1.68. The van der Waals surface area contributed by atoms with Crippen molar-refractivity contribution in [2.75, 3.05) is 5.32 Å². The highest BCUT2D eigenvalue weighted by molar-refractivity contribution is 7.07. The van der Waals surface area contributed by atoms with Crippen molar-refractivity contribution in [2.45, 2.75) is 13.5 Å². The fourth-order valence-electron chi connectivity index (χ4n) is 1.04. The Kier molecular flexibility index (Phi) is 2.31. The molecule has 0 aromatic carbocycles. The van der Waals surface area contributed by atoms with Gasteiger partial charge in [0.2, 0.25) is 0 Å². The number of aryl methyl sites for hydroxylation is 1. The van der Waals surface area contributed by atoms with Gasteiger partial charge in [0.05, 0.1) is 0 Å². The molecule has 2 aromatic heterocycles. The van der Waals surface area contributed by atoms with Gasteiger partial charge in [0, 0.05) is 12.6 Å². The van der Waals surface area contributed by atoms with Crippen LogP contribution in [-0.4, -0.2) is 5.16 Å². The van der Waals surface area contributed by atoms with Crippen LogP contribution in [0.3, 0.4) is 0 Å². The fourth-order valence-corrected chi connectivity index (χ4v) is 1.70. The monoisotopic (exact) mass is 194 g/mol. The zero-order chi connectivity index (χ0) is 9.10. The average molecular weight is 194 g/mol. The van der Waals surface area contributed by atoms with E-state index in [0.29, 0.717) is 0 Å². The Morgan fingerprint density at radius 3 is 3.15 bits per heavy atom. The SMILES string of the molecule is Cc1cc(NCc2ccsc2)no1. The number of rotatable bonds is 3. The second-order valence-corrected chi connectivity index (χ2v) is 3.59. The van der Waals surface area contributed by atoms with Crippen LogP contribution in [0.1, 0.15) is 11.3 Å². The average Bonchev–Trinajstić information content (AvgIpc) is 2.71. The summed E-state index contributed by atoms with van der Waals surface area (Å²) in [7, 11) is 0. The molecule has 68 valence electrons. The summed E-state index contributed by atoms with van der Waals surface area (Å²) in [6.07, 6.45) is 0. The normalized spacial score (nSPS) is 10.2. The van der Waals surface area contributed by atoms with Crippen LogP contribution < -0.4 is 5.32 Å². The van der Waals surface area contributed by atoms with E-state index in [-0.39, 0.29) is 0 Å². The van der Waals surface area contributed by atoms with E-state index in [4.69, 9.17) is 4.52 Å². The number of thiophene rings is 1. The minimum absolute atomic E-state index is 0.795. The Balaban J connectivity index is 1.93. The van der Waals surface area contributed by atoms with Crippen molar-refractivity contribution in [3.05, 3.63) is 34.2 Å². The summed E-state index contributed by atoms with van der Waals surface area (Å²) in [5.41, 5.74) is 1.27. The fraction of sp³-hybridized carbons (Fsp3) is 0.222. The van der Waals surface area contributed by atoms with Crippen LogP contribution >= 0.6 is 11.3 Å². The zero-order valence-electron chi connectivity index (χ0n) is 7.28. The Labute approximate surface area is 80.4 Å². The first kappa shape index (κ1) is 8.31. The van der Waals surface area contributed by atoms with Gasteiger partial charge < -0.3 is 9.84 Å². The largest absolute Gasteiger partial charge is 0.363 e. The number of anilines is 1. The molecule has 2 rings (SSSR count). The number of nitrogens with one attached hydrogen (secondary N) is 1. The zero-order valence-corrected chi connectivity index (χ0v) is 8.10. The van der Waals surface area contributed by atoms with Crippen LogP contribution in [0.25, 0.3) is 0 Å². The van der Waals surface area contributed by atoms with Gasteiger partial charge in [0.25, 0.3) is 0 Å². The lowest BCUT2D eigenvalue weighted by atomic mass is 10.3. The van der Waals surface area contributed by atoms with Gasteiger partial charge in [0.15, 0.2) is 5.82 Å². The van der Waals surface area contributed by atoms with E-state index in [0.717, 1.165) is 18.1 Å². The number of hydrogen-bond acceptors (Lipinski definition) is 4. The van der Waals surface area contributed by atoms with Crippen molar-refractivity contribution < 1.29 is 4.52 Å². The predicted octanol–water partition coefficient (Wildman–Crippen LogP) is 2.66. The lowest BCUT2D eigenvalue weighted by Crippen LogP contribution is -1.97. The van der Waals surface area contributed by atoms with E-state index in [9.17, 15) is 0 Å². The molecule has 2 heterocycles. The molecule has 0 atom stereocenters. The van der Waals surface area contributed by atoms with Gasteiger partial charge in [-0.15, -0.1) is 0 Å². The van der Waals surface area contributed by atoms with Crippen LogP contribution in [0.2, 0.25) is 0 Å². The predicted molar refractivity (Wildman–Crippen MR) is 52.9 cm³/mol. The molecule has 0 bridgehead atoms. The highest BCUT2D eigenvalue weighted by Gasteiger charge is 1.98. The van der Waals surface area contributed by atoms with Crippen LogP contribution in [0, 0.1) is 6.92 Å². The second-order valence-electron chi connectivity index (χ2n) is 2.81. The van der Waals surface area contributed by atoms with E-state index in [1.54, 1.807) is 11.3 Å². The highest BCUT2D eigenvalue weighted by atomic mass is 32.1. The number of aromatic nitrogens is 1. The van der Waals surface area contributed by atoms with Crippen molar-refractivity contribution in [3.63, 3.8) is 0 Å². The van der Waals surface area contributed by atoms with E-state index in [1.807, 2.05) is 13.0 Å². The summed E-state index contributed by atoms with van der Waals surface area (Å²) in [6.45, 7) is 2.68. The Bertz CT molecular complexity index is 367. The van der Waals surface area contributed by atoms with Crippen LogP contribution in [0.4, 0.5) is 5.82 Å². The first-order valence-electron chi connectivity index (χ1n) is 4.03. The molecule has 2 aromatic rings. The third kappa shape index (κ3) is 2.09. The Morgan fingerprint density at radius 2 is 2.54 bits per heavy atom. The molecule has 0 saturated heterocycles. The van der Waals surface area contributed by atoms with Crippen molar-refractivity contribution in [1.29, 1.82) is 0 Å². The number of nitrogens with zero attached hydrogens (tertiary/aromatic N) is 1. The molecule has 0 aliphatic rings. The molecular weight excluding hydrogens is 184 g/mol. The van der Waals surface area contributed by atoms with E-state index in [2.05, 4.69) is 27.3 Å². The molecule has 0 spiro atoms. The molecule has 3 nitrogen and oxygen atoms in total. The molecule has 0 fully saturated rings. The summed E-state index contributed by atoms with van der Waals surface area (Å²) in [4.78, 5) is 0. The molecule has 0 aliphatic carbocycles. The van der Waals surface area contributed by atoms with Gasteiger partial charge in [0.1, 0.15) is 5.76 Å². The first-order valence-corrected chi connectivity index (χ1v) is 4.97. The molecular formula is C9H10N2OS. The minimum atomic E-state index is 0.795. The molecule has 13 heavy (non-hydrogen) atoms. The molecule has 1 N–H and O–H groups in total. The van der Waals surface area contributed by atoms with Crippen LogP contribution in [0.5, 0.6) is 0 Å². The topological polar surface area (TPSA) is 38.1 Å². The maximum Gasteiger partial charge on any atom is 0.169 e. The lowest BCUT2D eigenvalue weighted by Gasteiger charge is -1.97. The van der Waals surface area contributed by atoms with Crippen LogP contribution in [-0.2, 0) is 6.54 Å². The van der Waals surface area contributed by atoms with Crippen molar-refractivity contribution in [2.24, 2.45) is 0 Å². The lowest BCUT2D eigenvalue weighted by molar-refractivity contribution is 0.399. The molecule has 0 unspecified atom stereocenters. The maximum absolute atomic E-state index is 4.92. The molecule has 0 saturated carbocycles. The van der Waals surface area contributed by atoms with Gasteiger partial charge in [-0.05, 0) is 29.3 Å². The Hall–Kier alpha value is -1.29. The van der Waals surface area contributed by atoms with Gasteiger partial charge in [-0.2, -0.15) is 11.3 Å². The molecule has 4 heteroatoms. The highest BCUT2D eigenvalue weighted by Crippen LogP contribution is 2.11. The smallest absolute Gasteiger partial charge is 0.169 e. The van der Waals surface area contributed by atoms with Crippen LogP contribution in [0.15, 0.2) is 27.4 Å². The standard InChI is InChI=1S/C9H10N2OS/c1-7-4-9(11-12-7)10-5-8-2-3-13-6-8/h2-4,6H,5H2,1H3,(H,10,11). The maximum atomic E-state index is 4.92. The van der Waals surface area contributed by atoms with E-state index < -0.39 is 0 Å². The summed E-state index contributed by atoms with van der Waals surface area (Å²) >= 11 is 1.70. The third-order valence-corrected chi connectivity index (χ3v) is 2.41. The van der Waals surface area contributed by atoms with Crippen molar-refractivity contribution in [3.8, 4) is 0 Å². The summed E-state index contributed by atoms with van der Waals surface area (Å²) < 4.78 is 4.92. The van der Waals surface area contributed by atoms with E-state index >= 15 is 0 Å². The summed E-state index contributed by atoms with van der Waals surface area (Å²) in [5, 5.41) is 11.2. The number of hydrogen-bond donors (Lipinski definition) is 1. The Morgan fingerprint density at radius 1 is 1.62 bits per heavy atom. The van der Waals surface area contributed by atoms with Gasteiger partial charge in [-0.25, -0.2) is 0 Å². The van der Waals surface area contributed by atoms with Crippen molar-refractivity contribution >= 4 is 17.2 Å². The quantitative estimate of drug-likeness (QED) is 0.816. The minimum Gasteiger partial charge on any atom is -0.363 e. The van der Waals surface area contributed by atoms with Gasteiger partial charge >= 0.3 is 0 Å². The van der Waals surface area contributed by atoms with Gasteiger partial charge in [-0.1, -0.05) is 5.16 Å². The first-order chi connectivity index (χ1) is 6.34. The molecule has 0 radical (unpaired) electrons. The summed E-state index contributed by atoms with van der Waals surface area (Å²) in [5.74, 6) is 1.62. The van der Waals surface area contributed by atoms with Gasteiger partial charge in [-0.3, -0.25) is 0 Å². The van der Waals surface area contributed by atoms with E-state index in [1.165, 1.54) is 5.56 Å². The molecule has 0 aliphatic heterocycles. The summed E-state index contributed by atoms with van der Waals surface area (Å²) in [6, 6.07) is 3.97.